The number of sulfone groups is 1. The summed E-state index contributed by atoms with van der Waals surface area (Å²) >= 11 is -2.15. The molecule has 498 valence electrons. The maximum atomic E-state index is 13.7. The maximum Gasteiger partial charge on any atom is 1.00 e. The van der Waals surface area contributed by atoms with Gasteiger partial charge in [0.1, 0.15) is 0 Å². The number of hydrogen-bond donors (Lipinski definition) is 0. The Labute approximate surface area is 595 Å². The molecule has 0 bridgehead atoms. The predicted molar refractivity (Wildman–Crippen MR) is 184 cm³/mol. The molecule has 3 rings (SSSR count). The summed E-state index contributed by atoms with van der Waals surface area (Å²) in [6.45, 7) is 0. The Hall–Kier alpha value is -0.241. The molecule has 0 atom stereocenters. The van der Waals surface area contributed by atoms with Crippen LogP contribution in [0.15, 0.2) is 28.0 Å². The molecule has 0 N–H and O–H groups in total. The van der Waals surface area contributed by atoms with Gasteiger partial charge in [0, 0.05) is 18.2 Å². The average Bonchev–Trinajstić information content (AvgIpc) is 3.27. The van der Waals surface area contributed by atoms with E-state index in [2.05, 4.69) is 4.74 Å². The van der Waals surface area contributed by atoms with Crippen molar-refractivity contribution in [3.05, 3.63) is 88.0 Å². The third kappa shape index (κ3) is 19.1. The minimum absolute atomic E-state index is 0. The SMILES string of the molecule is O=S(=O)([O-])C(F)(F)C(F)(F)OC(F)(F)C(F)(F)Oc1c(F)c(F)cc(F)c1F.O=S(=O)([O-])C(F)(F)C(F)(F)OC(F)(F)C(F)(F)S(=O)(=O)c1c(F)c(F)cc(F)c1F.O=S(=O)([O-])C(F)(F)C(F)(F)OC(F)(F)C(F)(F)Sc1c(F)c(F)cc(F)c1F.[K+].[K+].[K+]. The van der Waals surface area contributed by atoms with Gasteiger partial charge in [0.15, 0.2) is 93.4 Å². The molecular weight excluding hydrogens is 1560 g/mol. The van der Waals surface area contributed by atoms with Crippen LogP contribution in [-0.2, 0) is 54.4 Å². The van der Waals surface area contributed by atoms with Crippen LogP contribution in [-0.4, -0.2) is 116 Å². The van der Waals surface area contributed by atoms with Crippen molar-refractivity contribution >= 4 is 52.0 Å². The van der Waals surface area contributed by atoms with Crippen molar-refractivity contribution in [2.24, 2.45) is 0 Å². The first-order valence-electron chi connectivity index (χ1n) is 17.9. The van der Waals surface area contributed by atoms with Gasteiger partial charge in [-0.05, 0) is 11.8 Å². The van der Waals surface area contributed by atoms with Gasteiger partial charge < -0.3 is 18.4 Å². The third-order valence-electron chi connectivity index (χ3n) is 8.03. The maximum absolute atomic E-state index is 13.7. The van der Waals surface area contributed by atoms with Crippen molar-refractivity contribution in [2.75, 3.05) is 0 Å². The Bertz CT molecular complexity index is 3320. The van der Waals surface area contributed by atoms with E-state index in [4.69, 9.17) is 0 Å². The zero-order valence-corrected chi connectivity index (χ0v) is 53.5. The van der Waals surface area contributed by atoms with Crippen LogP contribution in [0.25, 0.3) is 0 Å². The standard InChI is InChI=1S/C10H2F12O6S2.C10H2F12O5S.C10H2F12O4S2.3K/c11-2-1-3(12)5(14)6(4(2)13)29(23,24)9(19,20)7(15,16)28-8(17,18)10(21,22)30(25,26)27;11-2-1-3(12)5(14)6(4(2)13)26-7(15,16)8(17,18)27-9(19,20)10(21,22)28(23,24)25;11-2-1-3(12)5(14)6(4(2)13)27-9(19,20)7(15,16)26-8(17,18)10(21,22)28(23,24)25;;;/h1H,(H,25,26,27);2*1H,(H,23,24,25);;;/q;;;3*+1/p-3. The molecule has 0 aliphatic carbocycles. The van der Waals surface area contributed by atoms with Crippen LogP contribution in [0.1, 0.15) is 0 Å². The predicted octanol–water partition coefficient (Wildman–Crippen LogP) is 1.78. The molecule has 3 aromatic rings. The van der Waals surface area contributed by atoms with Gasteiger partial charge in [-0.2, -0.15) is 114 Å². The molecule has 3 aromatic carbocycles. The number of ether oxygens (including phenoxy) is 4. The molecule has 0 fully saturated rings. The van der Waals surface area contributed by atoms with E-state index in [9.17, 15) is 205 Å². The van der Waals surface area contributed by atoms with Crippen LogP contribution in [0.5, 0.6) is 5.75 Å². The van der Waals surface area contributed by atoms with Gasteiger partial charge in [-0.25, -0.2) is 91.8 Å². The zero-order chi connectivity index (χ0) is 69.3. The zero-order valence-electron chi connectivity index (χ0n) is 40.0. The summed E-state index contributed by atoms with van der Waals surface area (Å²) in [7, 11) is -30.3. The summed E-state index contributed by atoms with van der Waals surface area (Å²) in [5, 5.41) is -34.9. The van der Waals surface area contributed by atoms with Gasteiger partial charge in [0.2, 0.25) is 17.4 Å². The quantitative estimate of drug-likeness (QED) is 0.0485. The van der Waals surface area contributed by atoms with Gasteiger partial charge >= 0.3 is 223 Å². The number of benzene rings is 3. The molecule has 0 saturated heterocycles. The molecule has 59 heteroatoms. The first kappa shape index (κ1) is 92.9. The smallest absolute Gasteiger partial charge is 0.743 e. The average molecular weight is 1560 g/mol. The van der Waals surface area contributed by atoms with E-state index >= 15 is 0 Å². The largest absolute Gasteiger partial charge is 1.00 e. The molecule has 0 aromatic heterocycles. The van der Waals surface area contributed by atoms with E-state index in [0.29, 0.717) is 0 Å². The Kier molecular flexibility index (Phi) is 31.2. The van der Waals surface area contributed by atoms with Gasteiger partial charge in [0.05, 0.1) is 4.90 Å². The van der Waals surface area contributed by atoms with Crippen LogP contribution in [0, 0.1) is 69.8 Å². The van der Waals surface area contributed by atoms with Gasteiger partial charge in [-0.1, -0.05) is 0 Å². The van der Waals surface area contributed by atoms with Crippen LogP contribution in [0.4, 0.5) is 158 Å². The molecule has 0 radical (unpaired) electrons. The van der Waals surface area contributed by atoms with Crippen molar-refractivity contribution in [1.82, 2.24) is 0 Å². The van der Waals surface area contributed by atoms with Crippen molar-refractivity contribution in [3.63, 3.8) is 0 Å². The molecule has 89 heavy (non-hydrogen) atoms. The Balaban J connectivity index is -0.00000123. The minimum Gasteiger partial charge on any atom is -0.743 e. The molecule has 15 nitrogen and oxygen atoms in total. The third-order valence-corrected chi connectivity index (χ3v) is 13.5. The fraction of sp³-hybridized carbons (Fsp3) is 0.400. The second kappa shape index (κ2) is 29.9. The van der Waals surface area contributed by atoms with E-state index in [1.54, 1.807) is 14.2 Å². The van der Waals surface area contributed by atoms with Crippen molar-refractivity contribution in [3.8, 4) is 5.75 Å². The second-order valence-electron chi connectivity index (χ2n) is 14.0. The summed E-state index contributed by atoms with van der Waals surface area (Å²) in [5.41, 5.74) is 0. The topological polar surface area (TPSA) is 243 Å². The normalized spacial score (nSPS) is 14.1. The van der Waals surface area contributed by atoms with Crippen LogP contribution in [0.3, 0.4) is 0 Å². The monoisotopic (exact) mass is 1560 g/mol. The second-order valence-corrected chi connectivity index (χ2v) is 21.3. The van der Waals surface area contributed by atoms with E-state index < -0.39 is 225 Å². The summed E-state index contributed by atoms with van der Waals surface area (Å²) < 4.78 is 591. The molecule has 0 aliphatic rings. The number of alkyl halides is 24. The molecule has 0 aliphatic heterocycles. The van der Waals surface area contributed by atoms with Crippen molar-refractivity contribution < 1.29 is 378 Å². The van der Waals surface area contributed by atoms with Crippen molar-refractivity contribution in [1.29, 1.82) is 0 Å². The number of hydrogen-bond acceptors (Lipinski definition) is 16. The van der Waals surface area contributed by atoms with E-state index in [-0.39, 0.29) is 154 Å². The van der Waals surface area contributed by atoms with Gasteiger partial charge in [-0.3, -0.25) is 0 Å². The van der Waals surface area contributed by atoms with E-state index in [1.807, 2.05) is 0 Å². The Morgan fingerprint density at radius 3 is 0.809 bits per heavy atom. The molecule has 0 unspecified atom stereocenters. The van der Waals surface area contributed by atoms with Crippen LogP contribution >= 0.6 is 11.8 Å². The molecule has 0 saturated carbocycles. The number of rotatable bonds is 21. The van der Waals surface area contributed by atoms with Gasteiger partial charge in [-0.15, -0.1) is 0 Å². The fourth-order valence-electron chi connectivity index (χ4n) is 4.00. The summed E-state index contributed by atoms with van der Waals surface area (Å²) in [4.78, 5) is -5.99. The van der Waals surface area contributed by atoms with E-state index in [0.717, 1.165) is 0 Å². The summed E-state index contributed by atoms with van der Waals surface area (Å²) in [5.74, 6) is -35.7. The first-order chi connectivity index (χ1) is 37.3. The summed E-state index contributed by atoms with van der Waals surface area (Å²) in [6.07, 6.45) is -49.7. The molecule has 0 spiro atoms. The van der Waals surface area contributed by atoms with Gasteiger partial charge in [0.25, 0.3) is 9.84 Å². The molecule has 0 amide bonds. The fourth-order valence-corrected chi connectivity index (χ4v) is 7.07. The van der Waals surface area contributed by atoms with E-state index in [1.165, 1.54) is 0 Å². The Morgan fingerprint density at radius 2 is 0.539 bits per heavy atom. The number of thioether (sulfide) groups is 1. The Morgan fingerprint density at radius 1 is 0.315 bits per heavy atom. The number of halogens is 36. The minimum atomic E-state index is -7.80. The van der Waals surface area contributed by atoms with Crippen LogP contribution < -0.4 is 159 Å². The van der Waals surface area contributed by atoms with Crippen molar-refractivity contribution in [2.45, 2.75) is 78.8 Å². The van der Waals surface area contributed by atoms with Crippen LogP contribution in [0.2, 0.25) is 0 Å². The molecule has 0 heterocycles. The molecular formula is C30H3F36K3O15S5. The first-order valence-corrected chi connectivity index (χ1v) is 24.5. The summed E-state index contributed by atoms with van der Waals surface area (Å²) in [6, 6.07) is -1.91.